The Morgan fingerprint density at radius 3 is 3.00 bits per heavy atom. The number of rotatable bonds is 2. The number of ether oxygens (including phenoxy) is 1. The quantitative estimate of drug-likeness (QED) is 0.839. The molecule has 0 bridgehead atoms. The molecule has 3 rings (SSSR count). The van der Waals surface area contributed by atoms with Crippen molar-refractivity contribution in [2.24, 2.45) is 5.73 Å². The van der Waals surface area contributed by atoms with E-state index >= 15 is 0 Å². The third kappa shape index (κ3) is 2.15. The Kier molecular flexibility index (Phi) is 2.88. The molecule has 18 heavy (non-hydrogen) atoms. The maximum atomic E-state index is 5.94. The molecule has 1 aromatic heterocycles. The first-order valence-corrected chi connectivity index (χ1v) is 6.52. The van der Waals surface area contributed by atoms with Gasteiger partial charge in [-0.15, -0.1) is 0 Å². The van der Waals surface area contributed by atoms with Crippen LogP contribution in [0.4, 0.5) is 0 Å². The van der Waals surface area contributed by atoms with Crippen molar-refractivity contribution in [3.63, 3.8) is 0 Å². The van der Waals surface area contributed by atoms with Crippen LogP contribution in [0.1, 0.15) is 44.5 Å². The fourth-order valence-corrected chi connectivity index (χ4v) is 2.60. The molecule has 2 aliphatic rings. The zero-order chi connectivity index (χ0) is 12.8. The van der Waals surface area contributed by atoms with Crippen molar-refractivity contribution in [2.45, 2.75) is 44.4 Å². The van der Waals surface area contributed by atoms with Gasteiger partial charge in [0.2, 0.25) is 11.7 Å². The van der Waals surface area contributed by atoms with E-state index in [1.807, 2.05) is 13.8 Å². The first kappa shape index (κ1) is 12.1. The lowest BCUT2D eigenvalue weighted by molar-refractivity contribution is -0.0548. The average molecular weight is 252 g/mol. The van der Waals surface area contributed by atoms with Crippen LogP contribution in [0.5, 0.6) is 0 Å². The fourth-order valence-electron chi connectivity index (χ4n) is 2.60. The third-order valence-electron chi connectivity index (χ3n) is 3.67. The summed E-state index contributed by atoms with van der Waals surface area (Å²) < 4.78 is 11.0. The Hall–Kier alpha value is -0.980. The molecule has 6 heteroatoms. The first-order valence-electron chi connectivity index (χ1n) is 6.52. The molecule has 0 spiro atoms. The van der Waals surface area contributed by atoms with Gasteiger partial charge in [0.05, 0.1) is 12.1 Å². The van der Waals surface area contributed by atoms with Crippen LogP contribution in [0.25, 0.3) is 0 Å². The highest BCUT2D eigenvalue weighted by Crippen LogP contribution is 2.29. The van der Waals surface area contributed by atoms with Gasteiger partial charge in [0.1, 0.15) is 6.10 Å². The Bertz CT molecular complexity index is 426. The summed E-state index contributed by atoms with van der Waals surface area (Å²) in [6, 6.07) is 0.582. The van der Waals surface area contributed by atoms with Gasteiger partial charge < -0.3 is 15.0 Å². The zero-order valence-electron chi connectivity index (χ0n) is 10.9. The second-order valence-corrected chi connectivity index (χ2v) is 5.79. The summed E-state index contributed by atoms with van der Waals surface area (Å²) in [5.74, 6) is 1.08. The second kappa shape index (κ2) is 4.29. The summed E-state index contributed by atoms with van der Waals surface area (Å²) in [6.07, 6.45) is 2.41. The van der Waals surface area contributed by atoms with Gasteiger partial charge in [0.15, 0.2) is 0 Å². The molecule has 0 aromatic carbocycles. The monoisotopic (exact) mass is 252 g/mol. The minimum Gasteiger partial charge on any atom is -0.367 e. The number of nitrogens with zero attached hydrogens (tertiary/aromatic N) is 3. The van der Waals surface area contributed by atoms with Crippen molar-refractivity contribution in [1.82, 2.24) is 15.0 Å². The summed E-state index contributed by atoms with van der Waals surface area (Å²) in [7, 11) is 0. The lowest BCUT2D eigenvalue weighted by Crippen LogP contribution is -2.42. The van der Waals surface area contributed by atoms with E-state index in [-0.39, 0.29) is 6.10 Å². The summed E-state index contributed by atoms with van der Waals surface area (Å²) in [6.45, 7) is 6.47. The van der Waals surface area contributed by atoms with Gasteiger partial charge in [0.25, 0.3) is 0 Å². The van der Waals surface area contributed by atoms with Gasteiger partial charge in [-0.1, -0.05) is 5.16 Å². The number of nitrogens with two attached hydrogens (primary N) is 1. The minimum absolute atomic E-state index is 0.0841. The van der Waals surface area contributed by atoms with Crippen LogP contribution < -0.4 is 5.73 Å². The van der Waals surface area contributed by atoms with Crippen molar-refractivity contribution < 1.29 is 9.26 Å². The zero-order valence-corrected chi connectivity index (χ0v) is 10.9. The predicted molar refractivity (Wildman–Crippen MR) is 64.8 cm³/mol. The van der Waals surface area contributed by atoms with E-state index in [1.165, 1.54) is 12.8 Å². The van der Waals surface area contributed by atoms with Crippen molar-refractivity contribution in [1.29, 1.82) is 0 Å². The molecule has 0 radical (unpaired) electrons. The highest BCUT2D eigenvalue weighted by atomic mass is 16.5. The van der Waals surface area contributed by atoms with Crippen LogP contribution in [0.2, 0.25) is 0 Å². The molecule has 100 valence electrons. The summed E-state index contributed by atoms with van der Waals surface area (Å²) in [5.41, 5.74) is 5.34. The highest BCUT2D eigenvalue weighted by molar-refractivity contribution is 5.01. The van der Waals surface area contributed by atoms with Gasteiger partial charge >= 0.3 is 0 Å². The topological polar surface area (TPSA) is 77.4 Å². The molecule has 0 amide bonds. The Balaban J connectivity index is 1.73. The Morgan fingerprint density at radius 2 is 2.28 bits per heavy atom. The average Bonchev–Trinajstić information content (AvgIpc) is 2.96. The largest absolute Gasteiger partial charge is 0.367 e. The molecule has 0 saturated carbocycles. The summed E-state index contributed by atoms with van der Waals surface area (Å²) in [5, 5.41) is 4.00. The Labute approximate surface area is 106 Å². The summed E-state index contributed by atoms with van der Waals surface area (Å²) in [4.78, 5) is 6.82. The molecule has 6 nitrogen and oxygen atoms in total. The highest BCUT2D eigenvalue weighted by Gasteiger charge is 2.35. The molecule has 2 N–H and O–H groups in total. The number of aromatic nitrogens is 2. The minimum atomic E-state index is -0.601. The molecule has 1 aromatic rings. The van der Waals surface area contributed by atoms with E-state index in [9.17, 15) is 0 Å². The molecular weight excluding hydrogens is 232 g/mol. The van der Waals surface area contributed by atoms with E-state index in [4.69, 9.17) is 15.0 Å². The first-order chi connectivity index (χ1) is 8.54. The molecule has 3 heterocycles. The maximum Gasteiger partial charge on any atom is 0.246 e. The van der Waals surface area contributed by atoms with E-state index in [1.54, 1.807) is 0 Å². The van der Waals surface area contributed by atoms with Crippen LogP contribution in [-0.4, -0.2) is 40.8 Å². The van der Waals surface area contributed by atoms with Crippen molar-refractivity contribution in [3.05, 3.63) is 11.7 Å². The smallest absolute Gasteiger partial charge is 0.246 e. The Morgan fingerprint density at radius 1 is 1.44 bits per heavy atom. The molecule has 2 atom stereocenters. The second-order valence-electron chi connectivity index (χ2n) is 5.79. The molecule has 2 unspecified atom stereocenters. The lowest BCUT2D eigenvalue weighted by Gasteiger charge is -2.33. The number of fused-ring (bicyclic) bond motifs is 1. The van der Waals surface area contributed by atoms with Gasteiger partial charge in [0, 0.05) is 12.6 Å². The van der Waals surface area contributed by atoms with Crippen LogP contribution >= 0.6 is 0 Å². The van der Waals surface area contributed by atoms with Crippen molar-refractivity contribution in [3.8, 4) is 0 Å². The van der Waals surface area contributed by atoms with Crippen molar-refractivity contribution in [2.75, 3.05) is 19.7 Å². The van der Waals surface area contributed by atoms with E-state index in [2.05, 4.69) is 15.0 Å². The van der Waals surface area contributed by atoms with E-state index in [0.29, 0.717) is 17.8 Å². The third-order valence-corrected chi connectivity index (χ3v) is 3.67. The van der Waals surface area contributed by atoms with E-state index < -0.39 is 5.54 Å². The van der Waals surface area contributed by atoms with Gasteiger partial charge in [-0.05, 0) is 33.2 Å². The van der Waals surface area contributed by atoms with Gasteiger partial charge in [-0.2, -0.15) is 4.98 Å². The van der Waals surface area contributed by atoms with Crippen molar-refractivity contribution >= 4 is 0 Å². The fraction of sp³-hybridized carbons (Fsp3) is 0.833. The standard InChI is InChI=1S/C12H20N4O2/c1-12(2,13)11-14-10(15-18-11)9-6-16-5-3-4-8(16)7-17-9/h8-9H,3-7,13H2,1-2H3. The SMILES string of the molecule is CC(C)(N)c1nc(C2CN3CCCC3CO2)no1. The lowest BCUT2D eigenvalue weighted by atomic mass is 10.1. The van der Waals surface area contributed by atoms with E-state index in [0.717, 1.165) is 19.7 Å². The van der Waals surface area contributed by atoms with Crippen LogP contribution in [0, 0.1) is 0 Å². The van der Waals surface area contributed by atoms with Gasteiger partial charge in [-0.3, -0.25) is 4.90 Å². The number of hydrogen-bond acceptors (Lipinski definition) is 6. The molecular formula is C12H20N4O2. The molecule has 2 saturated heterocycles. The molecule has 0 aliphatic carbocycles. The number of morpholine rings is 1. The number of hydrogen-bond donors (Lipinski definition) is 1. The summed E-state index contributed by atoms with van der Waals surface area (Å²) >= 11 is 0. The van der Waals surface area contributed by atoms with Crippen LogP contribution in [0.15, 0.2) is 4.52 Å². The van der Waals surface area contributed by atoms with Crippen LogP contribution in [-0.2, 0) is 10.3 Å². The maximum absolute atomic E-state index is 5.94. The normalized spacial score (nSPS) is 29.5. The predicted octanol–water partition coefficient (Wildman–Crippen LogP) is 0.799. The molecule has 2 aliphatic heterocycles. The molecule has 2 fully saturated rings. The van der Waals surface area contributed by atoms with Crippen LogP contribution in [0.3, 0.4) is 0 Å². The van der Waals surface area contributed by atoms with Gasteiger partial charge in [-0.25, -0.2) is 0 Å².